The fourth-order valence-corrected chi connectivity index (χ4v) is 1.41. The van der Waals surface area contributed by atoms with Crippen LogP contribution in [-0.2, 0) is 33.3 Å². The van der Waals surface area contributed by atoms with Crippen molar-refractivity contribution in [3.8, 4) is 0 Å². The summed E-state index contributed by atoms with van der Waals surface area (Å²) in [5.74, 6) is 0.105. The van der Waals surface area contributed by atoms with Gasteiger partial charge in [0.25, 0.3) is 0 Å². The van der Waals surface area contributed by atoms with E-state index in [1.165, 1.54) is 0 Å². The molecule has 0 bridgehead atoms. The van der Waals surface area contributed by atoms with Crippen LogP contribution < -0.4 is 5.32 Å². The van der Waals surface area contributed by atoms with E-state index in [9.17, 15) is 9.59 Å². The Morgan fingerprint density at radius 2 is 1.21 bits per heavy atom. The zero-order chi connectivity index (χ0) is 17.9. The molecular formula is C16H31NO7. The summed E-state index contributed by atoms with van der Waals surface area (Å²) in [6.45, 7) is 8.63. The highest BCUT2D eigenvalue weighted by Crippen LogP contribution is 1.94. The fourth-order valence-electron chi connectivity index (χ4n) is 1.41. The SMILES string of the molecule is CC(C)C(=O)COCCOCCOCCOCCOCCNC=O. The van der Waals surface area contributed by atoms with Gasteiger partial charge in [-0.25, -0.2) is 0 Å². The number of carbonyl (C=O) groups excluding carboxylic acids is 2. The number of carbonyl (C=O) groups is 2. The second-order valence-corrected chi connectivity index (χ2v) is 5.20. The van der Waals surface area contributed by atoms with E-state index in [1.54, 1.807) is 0 Å². The van der Waals surface area contributed by atoms with Crippen LogP contribution in [0.5, 0.6) is 0 Å². The van der Waals surface area contributed by atoms with E-state index >= 15 is 0 Å². The minimum Gasteiger partial charge on any atom is -0.377 e. The molecule has 0 aliphatic rings. The van der Waals surface area contributed by atoms with Crippen LogP contribution in [0.2, 0.25) is 0 Å². The van der Waals surface area contributed by atoms with Gasteiger partial charge < -0.3 is 29.0 Å². The van der Waals surface area contributed by atoms with Crippen LogP contribution in [-0.4, -0.2) is 84.8 Å². The number of Topliss-reactive ketones (excluding diaryl/α,β-unsaturated/α-hetero) is 1. The Balaban J connectivity index is 3.05. The molecule has 0 unspecified atom stereocenters. The maximum Gasteiger partial charge on any atom is 0.207 e. The number of ether oxygens (including phenoxy) is 5. The minimum absolute atomic E-state index is 0.00701. The van der Waals surface area contributed by atoms with Gasteiger partial charge in [0.05, 0.1) is 59.5 Å². The highest BCUT2D eigenvalue weighted by Gasteiger charge is 2.06. The second kappa shape index (κ2) is 18.3. The molecule has 0 aromatic rings. The molecule has 0 atom stereocenters. The maximum absolute atomic E-state index is 11.3. The lowest BCUT2D eigenvalue weighted by atomic mass is 10.1. The summed E-state index contributed by atoms with van der Waals surface area (Å²) in [5, 5.41) is 2.50. The molecule has 0 saturated carbocycles. The Labute approximate surface area is 144 Å². The molecule has 0 aliphatic carbocycles. The monoisotopic (exact) mass is 349 g/mol. The molecule has 24 heavy (non-hydrogen) atoms. The van der Waals surface area contributed by atoms with Crippen LogP contribution in [0.4, 0.5) is 0 Å². The lowest BCUT2D eigenvalue weighted by Crippen LogP contribution is -2.19. The van der Waals surface area contributed by atoms with Crippen LogP contribution >= 0.6 is 0 Å². The Hall–Kier alpha value is -1.06. The zero-order valence-corrected chi connectivity index (χ0v) is 14.8. The molecule has 0 rings (SSSR count). The lowest BCUT2D eigenvalue weighted by Gasteiger charge is -2.08. The van der Waals surface area contributed by atoms with Crippen molar-refractivity contribution in [2.45, 2.75) is 13.8 Å². The second-order valence-electron chi connectivity index (χ2n) is 5.20. The molecular weight excluding hydrogens is 318 g/mol. The largest absolute Gasteiger partial charge is 0.377 e. The molecule has 8 nitrogen and oxygen atoms in total. The van der Waals surface area contributed by atoms with Gasteiger partial charge in [-0.3, -0.25) is 9.59 Å². The number of ketones is 1. The number of rotatable bonds is 19. The first kappa shape index (κ1) is 22.9. The molecule has 0 aliphatic heterocycles. The summed E-state index contributed by atoms with van der Waals surface area (Å²) >= 11 is 0. The van der Waals surface area contributed by atoms with Gasteiger partial charge in [0.2, 0.25) is 6.41 Å². The molecule has 0 saturated heterocycles. The van der Waals surface area contributed by atoms with E-state index in [0.717, 1.165) is 0 Å². The average molecular weight is 349 g/mol. The standard InChI is InChI=1S/C16H31NO7/c1-15(2)16(19)13-24-12-11-23-10-9-22-8-7-21-6-5-20-4-3-17-14-18/h14-15H,3-13H2,1-2H3,(H,17,18). The topological polar surface area (TPSA) is 92.3 Å². The van der Waals surface area contributed by atoms with Crippen LogP contribution in [0.3, 0.4) is 0 Å². The Bertz CT molecular complexity index is 300. The quantitative estimate of drug-likeness (QED) is 0.260. The minimum atomic E-state index is 0.00701. The molecule has 142 valence electrons. The highest BCUT2D eigenvalue weighted by atomic mass is 16.6. The summed E-state index contributed by atoms with van der Waals surface area (Å²) in [4.78, 5) is 21.2. The first-order chi connectivity index (χ1) is 11.7. The summed E-state index contributed by atoms with van der Waals surface area (Å²) in [6, 6.07) is 0. The Morgan fingerprint density at radius 1 is 0.792 bits per heavy atom. The zero-order valence-electron chi connectivity index (χ0n) is 14.8. The van der Waals surface area contributed by atoms with E-state index in [2.05, 4.69) is 5.32 Å². The number of amides is 1. The third-order valence-electron chi connectivity index (χ3n) is 2.85. The van der Waals surface area contributed by atoms with Gasteiger partial charge >= 0.3 is 0 Å². The van der Waals surface area contributed by atoms with Crippen LogP contribution in [0.25, 0.3) is 0 Å². The number of hydrogen-bond donors (Lipinski definition) is 1. The first-order valence-electron chi connectivity index (χ1n) is 8.27. The fraction of sp³-hybridized carbons (Fsp3) is 0.875. The molecule has 8 heteroatoms. The molecule has 1 N–H and O–H groups in total. The highest BCUT2D eigenvalue weighted by molar-refractivity contribution is 5.81. The normalized spacial score (nSPS) is 11.0. The lowest BCUT2D eigenvalue weighted by molar-refractivity contribution is -0.127. The van der Waals surface area contributed by atoms with Gasteiger partial charge in [-0.2, -0.15) is 0 Å². The molecule has 0 aromatic carbocycles. The van der Waals surface area contributed by atoms with Gasteiger partial charge in [0.15, 0.2) is 5.78 Å². The van der Waals surface area contributed by atoms with E-state index in [0.29, 0.717) is 72.4 Å². The number of hydrogen-bond acceptors (Lipinski definition) is 7. The predicted molar refractivity (Wildman–Crippen MR) is 88.0 cm³/mol. The van der Waals surface area contributed by atoms with Gasteiger partial charge in [-0.05, 0) is 0 Å². The van der Waals surface area contributed by atoms with Gasteiger partial charge in [-0.15, -0.1) is 0 Å². The smallest absolute Gasteiger partial charge is 0.207 e. The van der Waals surface area contributed by atoms with Crippen molar-refractivity contribution in [2.24, 2.45) is 5.92 Å². The van der Waals surface area contributed by atoms with Crippen molar-refractivity contribution in [1.29, 1.82) is 0 Å². The van der Waals surface area contributed by atoms with Crippen molar-refractivity contribution in [2.75, 3.05) is 72.6 Å². The Morgan fingerprint density at radius 3 is 1.62 bits per heavy atom. The van der Waals surface area contributed by atoms with Gasteiger partial charge in [0, 0.05) is 12.5 Å². The predicted octanol–water partition coefficient (Wildman–Crippen LogP) is 0.0405. The van der Waals surface area contributed by atoms with E-state index in [-0.39, 0.29) is 18.3 Å². The van der Waals surface area contributed by atoms with Crippen molar-refractivity contribution >= 4 is 12.2 Å². The maximum atomic E-state index is 11.3. The van der Waals surface area contributed by atoms with E-state index in [4.69, 9.17) is 23.7 Å². The van der Waals surface area contributed by atoms with Crippen molar-refractivity contribution in [3.05, 3.63) is 0 Å². The van der Waals surface area contributed by atoms with Crippen LogP contribution in [0.15, 0.2) is 0 Å². The van der Waals surface area contributed by atoms with Crippen LogP contribution in [0, 0.1) is 5.92 Å². The van der Waals surface area contributed by atoms with Crippen molar-refractivity contribution in [1.82, 2.24) is 5.32 Å². The van der Waals surface area contributed by atoms with Crippen molar-refractivity contribution < 1.29 is 33.3 Å². The molecule has 0 spiro atoms. The number of nitrogens with one attached hydrogen (secondary N) is 1. The van der Waals surface area contributed by atoms with E-state index in [1.807, 2.05) is 13.8 Å². The first-order valence-corrected chi connectivity index (χ1v) is 8.27. The van der Waals surface area contributed by atoms with Gasteiger partial charge in [-0.1, -0.05) is 13.8 Å². The summed E-state index contributed by atoms with van der Waals surface area (Å²) in [7, 11) is 0. The third kappa shape index (κ3) is 17.3. The summed E-state index contributed by atoms with van der Waals surface area (Å²) < 4.78 is 26.4. The summed E-state index contributed by atoms with van der Waals surface area (Å²) in [6.07, 6.45) is 0.641. The molecule has 0 fully saturated rings. The third-order valence-corrected chi connectivity index (χ3v) is 2.85. The van der Waals surface area contributed by atoms with Crippen molar-refractivity contribution in [3.63, 3.8) is 0 Å². The average Bonchev–Trinajstić information content (AvgIpc) is 2.57. The van der Waals surface area contributed by atoms with Gasteiger partial charge in [0.1, 0.15) is 6.61 Å². The molecule has 0 radical (unpaired) electrons. The molecule has 0 aromatic heterocycles. The Kier molecular flexibility index (Phi) is 17.5. The summed E-state index contributed by atoms with van der Waals surface area (Å²) in [5.41, 5.74) is 0. The van der Waals surface area contributed by atoms with Crippen LogP contribution in [0.1, 0.15) is 13.8 Å². The van der Waals surface area contributed by atoms with E-state index < -0.39 is 0 Å². The molecule has 0 heterocycles. The molecule has 1 amide bonds.